The Hall–Kier alpha value is -1.50. The lowest BCUT2D eigenvalue weighted by atomic mass is 10.00. The van der Waals surface area contributed by atoms with Gasteiger partial charge in [-0.25, -0.2) is 10.4 Å². The highest BCUT2D eigenvalue weighted by atomic mass is 32.1. The molecule has 1 aliphatic heterocycles. The average molecular weight is 318 g/mol. The van der Waals surface area contributed by atoms with Crippen molar-refractivity contribution in [2.24, 2.45) is 5.92 Å². The third-order valence-electron chi connectivity index (χ3n) is 3.81. The fourth-order valence-corrected chi connectivity index (χ4v) is 3.71. The Morgan fingerprint density at radius 3 is 3.00 bits per heavy atom. The number of aromatic nitrogens is 1. The van der Waals surface area contributed by atoms with E-state index >= 15 is 0 Å². The van der Waals surface area contributed by atoms with Crippen molar-refractivity contribution in [3.63, 3.8) is 0 Å². The normalized spacial score (nSPS) is 21.6. The summed E-state index contributed by atoms with van der Waals surface area (Å²) in [6, 6.07) is 8.25. The smallest absolute Gasteiger partial charge is 0.238 e. The van der Waals surface area contributed by atoms with Crippen molar-refractivity contribution in [2.75, 3.05) is 0 Å². The van der Waals surface area contributed by atoms with E-state index in [1.54, 1.807) is 11.3 Å². The van der Waals surface area contributed by atoms with E-state index < -0.39 is 0 Å². The van der Waals surface area contributed by atoms with Crippen LogP contribution in [0.1, 0.15) is 31.7 Å². The number of amides is 1. The van der Waals surface area contributed by atoms with Gasteiger partial charge in [-0.2, -0.15) is 0 Å². The molecule has 3 rings (SSSR count). The van der Waals surface area contributed by atoms with Crippen LogP contribution in [0.5, 0.6) is 0 Å². The van der Waals surface area contributed by atoms with Gasteiger partial charge in [0, 0.05) is 6.04 Å². The maximum atomic E-state index is 12.2. The van der Waals surface area contributed by atoms with E-state index in [2.05, 4.69) is 41.1 Å². The van der Waals surface area contributed by atoms with Crippen LogP contribution < -0.4 is 16.2 Å². The zero-order valence-corrected chi connectivity index (χ0v) is 13.7. The first-order valence-electron chi connectivity index (χ1n) is 7.75. The van der Waals surface area contributed by atoms with Gasteiger partial charge in [0.15, 0.2) is 0 Å². The lowest BCUT2D eigenvalue weighted by molar-refractivity contribution is -0.123. The van der Waals surface area contributed by atoms with Crippen molar-refractivity contribution in [3.05, 3.63) is 29.3 Å². The predicted octanol–water partition coefficient (Wildman–Crippen LogP) is 2.19. The summed E-state index contributed by atoms with van der Waals surface area (Å²) in [4.78, 5) is 16.8. The number of hydrogen-bond acceptors (Lipinski definition) is 5. The first-order chi connectivity index (χ1) is 10.6. The molecule has 0 aliphatic carbocycles. The van der Waals surface area contributed by atoms with E-state index in [-0.39, 0.29) is 11.9 Å². The molecule has 1 aromatic carbocycles. The highest BCUT2D eigenvalue weighted by molar-refractivity contribution is 7.18. The van der Waals surface area contributed by atoms with Gasteiger partial charge >= 0.3 is 0 Å². The number of hydrogen-bond donors (Lipinski definition) is 3. The fourth-order valence-electron chi connectivity index (χ4n) is 2.80. The topological polar surface area (TPSA) is 66.0 Å². The van der Waals surface area contributed by atoms with E-state index in [0.717, 1.165) is 28.1 Å². The van der Waals surface area contributed by atoms with Gasteiger partial charge < -0.3 is 5.32 Å². The number of carbonyl (C=O) groups is 1. The first-order valence-corrected chi connectivity index (χ1v) is 8.56. The quantitative estimate of drug-likeness (QED) is 0.791. The Kier molecular flexibility index (Phi) is 4.71. The summed E-state index contributed by atoms with van der Waals surface area (Å²) in [5.41, 5.74) is 7.31. The summed E-state index contributed by atoms with van der Waals surface area (Å²) in [5.74, 6) is 0.668. The molecular formula is C16H22N4OS. The molecule has 2 atom stereocenters. The van der Waals surface area contributed by atoms with Crippen molar-refractivity contribution in [1.29, 1.82) is 0 Å². The summed E-state index contributed by atoms with van der Waals surface area (Å²) >= 11 is 1.63. The minimum Gasteiger partial charge on any atom is -0.348 e. The number of benzene rings is 1. The highest BCUT2D eigenvalue weighted by Crippen LogP contribution is 2.21. The van der Waals surface area contributed by atoms with Gasteiger partial charge in [0.05, 0.1) is 16.8 Å². The summed E-state index contributed by atoms with van der Waals surface area (Å²) in [7, 11) is 0. The van der Waals surface area contributed by atoms with E-state index in [9.17, 15) is 4.79 Å². The predicted molar refractivity (Wildman–Crippen MR) is 89.4 cm³/mol. The average Bonchev–Trinajstić information content (AvgIpc) is 3.10. The molecule has 1 saturated heterocycles. The second-order valence-electron chi connectivity index (χ2n) is 6.20. The molecular weight excluding hydrogens is 296 g/mol. The summed E-state index contributed by atoms with van der Waals surface area (Å²) < 4.78 is 1.16. The van der Waals surface area contributed by atoms with Crippen LogP contribution in [0.25, 0.3) is 10.2 Å². The molecule has 0 saturated carbocycles. The van der Waals surface area contributed by atoms with Crippen molar-refractivity contribution >= 4 is 27.5 Å². The van der Waals surface area contributed by atoms with Crippen LogP contribution in [0.4, 0.5) is 0 Å². The summed E-state index contributed by atoms with van der Waals surface area (Å²) in [6.45, 7) is 4.88. The highest BCUT2D eigenvalue weighted by Gasteiger charge is 2.29. The van der Waals surface area contributed by atoms with Gasteiger partial charge in [0.2, 0.25) is 5.91 Å². The number of carbonyl (C=O) groups excluding carboxylic acids is 1. The third kappa shape index (κ3) is 3.63. The Bertz CT molecular complexity index is 621. The van der Waals surface area contributed by atoms with E-state index in [4.69, 9.17) is 0 Å². The lowest BCUT2D eigenvalue weighted by Crippen LogP contribution is -2.43. The molecule has 5 nitrogen and oxygen atoms in total. The molecule has 0 radical (unpaired) electrons. The Morgan fingerprint density at radius 1 is 1.41 bits per heavy atom. The molecule has 118 valence electrons. The van der Waals surface area contributed by atoms with Gasteiger partial charge in [-0.1, -0.05) is 26.0 Å². The van der Waals surface area contributed by atoms with Crippen molar-refractivity contribution < 1.29 is 4.79 Å². The molecule has 22 heavy (non-hydrogen) atoms. The maximum absolute atomic E-state index is 12.2. The van der Waals surface area contributed by atoms with Gasteiger partial charge in [0.1, 0.15) is 11.0 Å². The first kappa shape index (κ1) is 15.4. The van der Waals surface area contributed by atoms with E-state index in [0.29, 0.717) is 18.5 Å². The van der Waals surface area contributed by atoms with Crippen LogP contribution in [0.3, 0.4) is 0 Å². The molecule has 0 spiro atoms. The number of para-hydroxylation sites is 1. The van der Waals surface area contributed by atoms with E-state index in [1.807, 2.05) is 18.2 Å². The minimum absolute atomic E-state index is 0.0398. The molecule has 0 bridgehead atoms. The third-order valence-corrected chi connectivity index (χ3v) is 4.84. The van der Waals surface area contributed by atoms with Crippen molar-refractivity contribution in [2.45, 2.75) is 45.3 Å². The van der Waals surface area contributed by atoms with Crippen LogP contribution in [-0.4, -0.2) is 23.0 Å². The second kappa shape index (κ2) is 6.73. The maximum Gasteiger partial charge on any atom is 0.238 e. The van der Waals surface area contributed by atoms with Crippen molar-refractivity contribution in [3.8, 4) is 0 Å². The zero-order valence-electron chi connectivity index (χ0n) is 12.9. The number of nitrogens with zero attached hydrogens (tertiary/aromatic N) is 1. The van der Waals surface area contributed by atoms with Gasteiger partial charge in [-0.15, -0.1) is 11.3 Å². The summed E-state index contributed by atoms with van der Waals surface area (Å²) in [5, 5.41) is 3.93. The van der Waals surface area contributed by atoms with Crippen LogP contribution >= 0.6 is 11.3 Å². The Labute approximate surface area is 134 Å². The SMILES string of the molecule is CC(C)CC1CC(C(=O)NCc2nc3ccccc3s2)NN1. The molecule has 1 fully saturated rings. The zero-order chi connectivity index (χ0) is 15.5. The second-order valence-corrected chi connectivity index (χ2v) is 7.31. The van der Waals surface area contributed by atoms with Crippen molar-refractivity contribution in [1.82, 2.24) is 21.2 Å². The molecule has 1 aliphatic rings. The van der Waals surface area contributed by atoms with Gasteiger partial charge in [0.25, 0.3) is 0 Å². The number of nitrogens with one attached hydrogen (secondary N) is 3. The molecule has 2 heterocycles. The Balaban J connectivity index is 1.52. The van der Waals surface area contributed by atoms with Crippen LogP contribution in [-0.2, 0) is 11.3 Å². The monoisotopic (exact) mass is 318 g/mol. The van der Waals surface area contributed by atoms with Crippen LogP contribution in [0, 0.1) is 5.92 Å². The number of thiazole rings is 1. The number of fused-ring (bicyclic) bond motifs is 1. The molecule has 2 aromatic rings. The molecule has 2 unspecified atom stereocenters. The number of rotatable bonds is 5. The molecule has 1 aromatic heterocycles. The van der Waals surface area contributed by atoms with Crippen LogP contribution in [0.15, 0.2) is 24.3 Å². The number of hydrazine groups is 1. The van der Waals surface area contributed by atoms with Gasteiger partial charge in [-0.05, 0) is 30.9 Å². The largest absolute Gasteiger partial charge is 0.348 e. The minimum atomic E-state index is -0.155. The Morgan fingerprint density at radius 2 is 2.23 bits per heavy atom. The fraction of sp³-hybridized carbons (Fsp3) is 0.500. The summed E-state index contributed by atoms with van der Waals surface area (Å²) in [6.07, 6.45) is 1.92. The van der Waals surface area contributed by atoms with E-state index in [1.165, 1.54) is 0 Å². The molecule has 1 amide bonds. The lowest BCUT2D eigenvalue weighted by Gasteiger charge is -2.11. The van der Waals surface area contributed by atoms with Gasteiger partial charge in [-0.3, -0.25) is 10.2 Å². The molecule has 6 heteroatoms. The van der Waals surface area contributed by atoms with Crippen LogP contribution in [0.2, 0.25) is 0 Å². The standard InChI is InChI=1S/C16H22N4OS/c1-10(2)7-11-8-13(20-19-11)16(21)17-9-15-18-12-5-3-4-6-14(12)22-15/h3-6,10-11,13,19-20H,7-9H2,1-2H3,(H,17,21). The molecule has 3 N–H and O–H groups in total.